The summed E-state index contributed by atoms with van der Waals surface area (Å²) in [4.78, 5) is 23.3. The number of benzene rings is 2. The molecule has 1 aromatic heterocycles. The molecule has 0 saturated carbocycles. The molecule has 8 nitrogen and oxygen atoms in total. The van der Waals surface area contributed by atoms with Crippen molar-refractivity contribution in [3.63, 3.8) is 0 Å². The van der Waals surface area contributed by atoms with Gasteiger partial charge in [-0.15, -0.1) is 0 Å². The highest BCUT2D eigenvalue weighted by atomic mass is 16.7. The summed E-state index contributed by atoms with van der Waals surface area (Å²) in [6.07, 6.45) is 0.104. The number of carbonyl (C=O) groups excluding carboxylic acids is 1. The zero-order valence-corrected chi connectivity index (χ0v) is 18.2. The van der Waals surface area contributed by atoms with Crippen molar-refractivity contribution in [3.8, 4) is 11.4 Å². The molecule has 0 spiro atoms. The maximum Gasteiger partial charge on any atom is 0.310 e. The third-order valence-corrected chi connectivity index (χ3v) is 5.53. The van der Waals surface area contributed by atoms with Crippen LogP contribution in [0.3, 0.4) is 0 Å². The van der Waals surface area contributed by atoms with Gasteiger partial charge in [0.05, 0.1) is 18.0 Å². The second kappa shape index (κ2) is 8.84. The summed E-state index contributed by atoms with van der Waals surface area (Å²) in [6, 6.07) is 13.0. The first-order valence-corrected chi connectivity index (χ1v) is 10.2. The SMILES string of the molecule is Cc1ccc(-n2c(C)cc(CC(=O)OCc3cc([N+](=O)[O-])cc4c3OCOC4)c2C)cc1. The molecule has 1 aliphatic heterocycles. The Labute approximate surface area is 185 Å². The third kappa shape index (κ3) is 4.36. The molecule has 0 saturated heterocycles. The minimum Gasteiger partial charge on any atom is -0.467 e. The van der Waals surface area contributed by atoms with Gasteiger partial charge in [-0.2, -0.15) is 0 Å². The van der Waals surface area contributed by atoms with Crippen molar-refractivity contribution in [2.24, 2.45) is 0 Å². The van der Waals surface area contributed by atoms with Crippen molar-refractivity contribution >= 4 is 11.7 Å². The summed E-state index contributed by atoms with van der Waals surface area (Å²) >= 11 is 0. The standard InChI is InChI=1S/C24H24N2O6/c1-15-4-6-21(7-5-15)25-16(2)8-18(17(25)3)11-23(27)31-13-20-10-22(26(28)29)9-19-12-30-14-32-24(19)20/h4-10H,11-14H2,1-3H3. The molecule has 1 aliphatic rings. The molecule has 0 unspecified atom stereocenters. The molecule has 166 valence electrons. The number of non-ortho nitro benzene ring substituents is 1. The fourth-order valence-electron chi connectivity index (χ4n) is 3.96. The van der Waals surface area contributed by atoms with Crippen LogP contribution in [0.2, 0.25) is 0 Å². The smallest absolute Gasteiger partial charge is 0.310 e. The van der Waals surface area contributed by atoms with Gasteiger partial charge in [-0.1, -0.05) is 17.7 Å². The predicted molar refractivity (Wildman–Crippen MR) is 117 cm³/mol. The van der Waals surface area contributed by atoms with Gasteiger partial charge in [0.1, 0.15) is 12.4 Å². The van der Waals surface area contributed by atoms with Gasteiger partial charge in [0.15, 0.2) is 6.79 Å². The Balaban J connectivity index is 1.50. The van der Waals surface area contributed by atoms with Crippen molar-refractivity contribution in [1.82, 2.24) is 4.57 Å². The number of esters is 1. The van der Waals surface area contributed by atoms with Crippen LogP contribution in [-0.2, 0) is 33.9 Å². The number of hydrogen-bond donors (Lipinski definition) is 0. The summed E-state index contributed by atoms with van der Waals surface area (Å²) in [5, 5.41) is 11.2. The monoisotopic (exact) mass is 436 g/mol. The van der Waals surface area contributed by atoms with Gasteiger partial charge >= 0.3 is 5.97 Å². The van der Waals surface area contributed by atoms with Crippen LogP contribution in [0.4, 0.5) is 5.69 Å². The molecule has 0 radical (unpaired) electrons. The van der Waals surface area contributed by atoms with Crippen molar-refractivity contribution in [3.05, 3.63) is 86.2 Å². The van der Waals surface area contributed by atoms with Crippen molar-refractivity contribution in [2.75, 3.05) is 6.79 Å². The minimum absolute atomic E-state index is 0.0523. The number of nitro groups is 1. The van der Waals surface area contributed by atoms with Gasteiger partial charge in [0.2, 0.25) is 0 Å². The first kappa shape index (κ1) is 21.6. The van der Waals surface area contributed by atoms with Crippen molar-refractivity contribution < 1.29 is 23.9 Å². The lowest BCUT2D eigenvalue weighted by Gasteiger charge is -2.20. The summed E-state index contributed by atoms with van der Waals surface area (Å²) in [6.45, 7) is 6.16. The summed E-state index contributed by atoms with van der Waals surface area (Å²) in [5.74, 6) is 0.0636. The molecule has 0 atom stereocenters. The molecule has 4 rings (SSSR count). The molecule has 0 bridgehead atoms. The van der Waals surface area contributed by atoms with Gasteiger partial charge < -0.3 is 18.8 Å². The van der Waals surface area contributed by atoms with Crippen LogP contribution in [0.15, 0.2) is 42.5 Å². The van der Waals surface area contributed by atoms with E-state index in [1.807, 2.05) is 39.0 Å². The highest BCUT2D eigenvalue weighted by Crippen LogP contribution is 2.33. The first-order valence-electron chi connectivity index (χ1n) is 10.2. The molecular formula is C24H24N2O6. The summed E-state index contributed by atoms with van der Waals surface area (Å²) < 4.78 is 18.3. The van der Waals surface area contributed by atoms with Crippen LogP contribution in [0.25, 0.3) is 5.69 Å². The zero-order chi connectivity index (χ0) is 22.8. The lowest BCUT2D eigenvalue weighted by molar-refractivity contribution is -0.385. The fraction of sp³-hybridized carbons (Fsp3) is 0.292. The fourth-order valence-corrected chi connectivity index (χ4v) is 3.96. The normalized spacial score (nSPS) is 12.7. The Morgan fingerprint density at radius 1 is 1.12 bits per heavy atom. The Kier molecular flexibility index (Phi) is 5.96. The van der Waals surface area contributed by atoms with Gasteiger partial charge in [0, 0.05) is 40.3 Å². The Morgan fingerprint density at radius 2 is 1.88 bits per heavy atom. The van der Waals surface area contributed by atoms with Crippen LogP contribution in [-0.4, -0.2) is 22.3 Å². The number of hydrogen-bond acceptors (Lipinski definition) is 6. The van der Waals surface area contributed by atoms with Crippen LogP contribution >= 0.6 is 0 Å². The maximum absolute atomic E-state index is 12.6. The molecule has 2 heterocycles. The van der Waals surface area contributed by atoms with Crippen molar-refractivity contribution in [1.29, 1.82) is 0 Å². The largest absolute Gasteiger partial charge is 0.467 e. The second-order valence-electron chi connectivity index (χ2n) is 7.87. The first-order chi connectivity index (χ1) is 15.3. The molecule has 0 fully saturated rings. The lowest BCUT2D eigenvalue weighted by atomic mass is 10.1. The van der Waals surface area contributed by atoms with Gasteiger partial charge in [-0.3, -0.25) is 14.9 Å². The van der Waals surface area contributed by atoms with Crippen LogP contribution in [0.1, 0.15) is 33.6 Å². The van der Waals surface area contributed by atoms with Crippen LogP contribution < -0.4 is 4.74 Å². The van der Waals surface area contributed by atoms with E-state index in [1.54, 1.807) is 0 Å². The third-order valence-electron chi connectivity index (χ3n) is 5.53. The van der Waals surface area contributed by atoms with E-state index in [0.717, 1.165) is 22.6 Å². The number of fused-ring (bicyclic) bond motifs is 1. The number of carbonyl (C=O) groups is 1. The Hall–Kier alpha value is -3.65. The number of ether oxygens (including phenoxy) is 3. The van der Waals surface area contributed by atoms with Crippen LogP contribution in [0, 0.1) is 30.9 Å². The Morgan fingerprint density at radius 3 is 2.59 bits per heavy atom. The van der Waals surface area contributed by atoms with E-state index >= 15 is 0 Å². The van der Waals surface area contributed by atoms with E-state index in [2.05, 4.69) is 16.7 Å². The zero-order valence-electron chi connectivity index (χ0n) is 18.2. The Bertz CT molecular complexity index is 1180. The number of nitro benzene ring substituents is 1. The van der Waals surface area contributed by atoms with Crippen molar-refractivity contribution in [2.45, 2.75) is 40.4 Å². The maximum atomic E-state index is 12.6. The average molecular weight is 436 g/mol. The highest BCUT2D eigenvalue weighted by Gasteiger charge is 2.22. The number of aromatic nitrogens is 1. The molecule has 0 aliphatic carbocycles. The predicted octanol–water partition coefficient (Wildman–Crippen LogP) is 4.46. The van der Waals surface area contributed by atoms with Gasteiger partial charge in [0.25, 0.3) is 5.69 Å². The quantitative estimate of drug-likeness (QED) is 0.322. The molecule has 3 aromatic rings. The molecule has 0 N–H and O–H groups in total. The van der Waals surface area contributed by atoms with E-state index < -0.39 is 10.9 Å². The molecule has 8 heteroatoms. The molecule has 0 amide bonds. The molecule has 2 aromatic carbocycles. The summed E-state index contributed by atoms with van der Waals surface area (Å²) in [5.41, 5.74) is 6.01. The lowest BCUT2D eigenvalue weighted by Crippen LogP contribution is -2.15. The summed E-state index contributed by atoms with van der Waals surface area (Å²) in [7, 11) is 0. The van der Waals surface area contributed by atoms with E-state index in [-0.39, 0.29) is 32.1 Å². The number of aryl methyl sites for hydroxylation is 2. The van der Waals surface area contributed by atoms with E-state index in [4.69, 9.17) is 14.2 Å². The highest BCUT2D eigenvalue weighted by molar-refractivity contribution is 5.73. The van der Waals surface area contributed by atoms with E-state index in [0.29, 0.717) is 16.9 Å². The van der Waals surface area contributed by atoms with E-state index in [9.17, 15) is 14.9 Å². The molecule has 32 heavy (non-hydrogen) atoms. The van der Waals surface area contributed by atoms with E-state index in [1.165, 1.54) is 17.7 Å². The minimum atomic E-state index is -0.486. The topological polar surface area (TPSA) is 92.8 Å². The van der Waals surface area contributed by atoms with Crippen LogP contribution in [0.5, 0.6) is 5.75 Å². The van der Waals surface area contributed by atoms with Gasteiger partial charge in [-0.25, -0.2) is 0 Å². The van der Waals surface area contributed by atoms with Gasteiger partial charge in [-0.05, 0) is 44.5 Å². The number of nitrogens with zero attached hydrogens (tertiary/aromatic N) is 2. The molecular weight excluding hydrogens is 412 g/mol. The number of rotatable bonds is 6. The average Bonchev–Trinajstić information content (AvgIpc) is 3.05. The second-order valence-corrected chi connectivity index (χ2v) is 7.87.